The minimum atomic E-state index is 0.266. The molecule has 0 aromatic carbocycles. The number of aldehydes is 1. The molecule has 0 aliphatic heterocycles. The molecule has 0 radical (unpaired) electrons. The minimum absolute atomic E-state index is 0.266. The van der Waals surface area contributed by atoms with Crippen LogP contribution < -0.4 is 0 Å². The number of nitrogens with zero attached hydrogens (tertiary/aromatic N) is 1. The molecule has 1 aromatic rings. The van der Waals surface area contributed by atoms with E-state index in [-0.39, 0.29) is 5.82 Å². The van der Waals surface area contributed by atoms with Crippen molar-refractivity contribution in [3.05, 3.63) is 22.7 Å². The number of hydrogen-bond acceptors (Lipinski definition) is 3. The van der Waals surface area contributed by atoms with Gasteiger partial charge in [-0.3, -0.25) is 4.79 Å². The van der Waals surface area contributed by atoms with Crippen LogP contribution in [0.3, 0.4) is 0 Å². The van der Waals surface area contributed by atoms with E-state index in [4.69, 9.17) is 12.2 Å². The van der Waals surface area contributed by atoms with Gasteiger partial charge in [-0.2, -0.15) is 0 Å². The van der Waals surface area contributed by atoms with Crippen molar-refractivity contribution < 1.29 is 4.79 Å². The third-order valence-corrected chi connectivity index (χ3v) is 1.04. The summed E-state index contributed by atoms with van der Waals surface area (Å²) < 4.78 is 0.520. The molecular weight excluding hydrogens is 136 g/mol. The Balaban J connectivity index is 3.23. The van der Waals surface area contributed by atoms with Gasteiger partial charge in [0.15, 0.2) is 12.1 Å². The molecule has 0 unspecified atom stereocenters. The second kappa shape index (κ2) is 2.50. The van der Waals surface area contributed by atoms with E-state index >= 15 is 0 Å². The zero-order chi connectivity index (χ0) is 6.69. The van der Waals surface area contributed by atoms with Crippen LogP contribution in [0.15, 0.2) is 12.3 Å². The van der Waals surface area contributed by atoms with E-state index in [1.165, 1.54) is 6.20 Å². The van der Waals surface area contributed by atoms with Crippen LogP contribution in [-0.4, -0.2) is 16.3 Å². The van der Waals surface area contributed by atoms with Gasteiger partial charge in [-0.05, 0) is 6.07 Å². The summed E-state index contributed by atoms with van der Waals surface area (Å²) in [4.78, 5) is 16.3. The molecule has 1 rings (SSSR count). The molecular formula is C5H4N2OS. The van der Waals surface area contributed by atoms with E-state index in [2.05, 4.69) is 9.97 Å². The molecule has 0 aliphatic carbocycles. The highest BCUT2D eigenvalue weighted by molar-refractivity contribution is 7.71. The van der Waals surface area contributed by atoms with Crippen LogP contribution in [0.1, 0.15) is 10.6 Å². The molecule has 0 fully saturated rings. The largest absolute Gasteiger partial charge is 0.329 e. The Labute approximate surface area is 56.8 Å². The normalized spacial score (nSPS) is 8.89. The van der Waals surface area contributed by atoms with Gasteiger partial charge in [0.25, 0.3) is 0 Å². The summed E-state index contributed by atoms with van der Waals surface area (Å²) in [6.07, 6.45) is 2.11. The van der Waals surface area contributed by atoms with Crippen LogP contribution in [0.4, 0.5) is 0 Å². The van der Waals surface area contributed by atoms with Crippen molar-refractivity contribution in [1.29, 1.82) is 0 Å². The monoisotopic (exact) mass is 140 g/mol. The SMILES string of the molecule is O=Cc1nccc(=S)[nH]1. The summed E-state index contributed by atoms with van der Waals surface area (Å²) >= 11 is 4.71. The number of carbonyl (C=O) groups is 1. The Kier molecular flexibility index (Phi) is 1.69. The van der Waals surface area contributed by atoms with Crippen molar-refractivity contribution >= 4 is 18.5 Å². The first-order chi connectivity index (χ1) is 4.33. The molecule has 0 saturated carbocycles. The Morgan fingerprint density at radius 2 is 2.56 bits per heavy atom. The first-order valence-electron chi connectivity index (χ1n) is 2.33. The third kappa shape index (κ3) is 1.43. The Morgan fingerprint density at radius 1 is 1.78 bits per heavy atom. The molecule has 0 aliphatic rings. The first kappa shape index (κ1) is 6.10. The fourth-order valence-corrected chi connectivity index (χ4v) is 0.611. The van der Waals surface area contributed by atoms with Gasteiger partial charge >= 0.3 is 0 Å². The summed E-state index contributed by atoms with van der Waals surface area (Å²) in [5.41, 5.74) is 0. The van der Waals surface area contributed by atoms with Crippen LogP contribution in [0, 0.1) is 4.64 Å². The zero-order valence-electron chi connectivity index (χ0n) is 4.50. The molecule has 3 nitrogen and oxygen atoms in total. The molecule has 4 heteroatoms. The molecule has 1 heterocycles. The van der Waals surface area contributed by atoms with E-state index in [9.17, 15) is 4.79 Å². The van der Waals surface area contributed by atoms with Gasteiger partial charge < -0.3 is 4.98 Å². The van der Waals surface area contributed by atoms with Gasteiger partial charge in [-0.15, -0.1) is 0 Å². The lowest BCUT2D eigenvalue weighted by Gasteiger charge is -1.85. The Bertz CT molecular complexity index is 268. The van der Waals surface area contributed by atoms with Gasteiger partial charge in [0.2, 0.25) is 0 Å². The highest BCUT2D eigenvalue weighted by Crippen LogP contribution is 1.83. The van der Waals surface area contributed by atoms with Crippen LogP contribution in [0.25, 0.3) is 0 Å². The van der Waals surface area contributed by atoms with Crippen LogP contribution in [0.2, 0.25) is 0 Å². The lowest BCUT2D eigenvalue weighted by Crippen LogP contribution is -1.89. The van der Waals surface area contributed by atoms with E-state index in [0.717, 1.165) is 0 Å². The zero-order valence-corrected chi connectivity index (χ0v) is 5.31. The van der Waals surface area contributed by atoms with E-state index < -0.39 is 0 Å². The summed E-state index contributed by atoms with van der Waals surface area (Å²) in [5, 5.41) is 0. The molecule has 9 heavy (non-hydrogen) atoms. The van der Waals surface area contributed by atoms with Crippen molar-refractivity contribution in [2.24, 2.45) is 0 Å². The van der Waals surface area contributed by atoms with E-state index in [0.29, 0.717) is 10.9 Å². The summed E-state index contributed by atoms with van der Waals surface area (Å²) in [6, 6.07) is 1.61. The molecule has 1 N–H and O–H groups in total. The number of aromatic nitrogens is 2. The number of hydrogen-bond donors (Lipinski definition) is 1. The molecule has 0 amide bonds. The second-order valence-electron chi connectivity index (χ2n) is 1.44. The van der Waals surface area contributed by atoms with Crippen molar-refractivity contribution in [2.75, 3.05) is 0 Å². The van der Waals surface area contributed by atoms with Gasteiger partial charge in [0, 0.05) is 6.20 Å². The fraction of sp³-hybridized carbons (Fsp3) is 0. The van der Waals surface area contributed by atoms with Gasteiger partial charge in [0.05, 0.1) is 0 Å². The molecule has 46 valence electrons. The molecule has 1 aromatic heterocycles. The van der Waals surface area contributed by atoms with Gasteiger partial charge in [0.1, 0.15) is 4.64 Å². The van der Waals surface area contributed by atoms with Crippen molar-refractivity contribution in [2.45, 2.75) is 0 Å². The fourth-order valence-electron chi connectivity index (χ4n) is 0.445. The number of aromatic amines is 1. The van der Waals surface area contributed by atoms with E-state index in [1.807, 2.05) is 0 Å². The highest BCUT2D eigenvalue weighted by atomic mass is 32.1. The van der Waals surface area contributed by atoms with Crippen LogP contribution in [-0.2, 0) is 0 Å². The van der Waals surface area contributed by atoms with Crippen LogP contribution in [0.5, 0.6) is 0 Å². The van der Waals surface area contributed by atoms with Gasteiger partial charge in [-0.1, -0.05) is 12.2 Å². The average molecular weight is 140 g/mol. The van der Waals surface area contributed by atoms with Crippen molar-refractivity contribution in [3.8, 4) is 0 Å². The predicted molar refractivity (Wildman–Crippen MR) is 34.8 cm³/mol. The Hall–Kier alpha value is -1.03. The topological polar surface area (TPSA) is 45.8 Å². The molecule has 0 atom stereocenters. The molecule has 0 saturated heterocycles. The third-order valence-electron chi connectivity index (χ3n) is 0.802. The summed E-state index contributed by atoms with van der Waals surface area (Å²) in [6.45, 7) is 0. The van der Waals surface area contributed by atoms with Crippen molar-refractivity contribution in [1.82, 2.24) is 9.97 Å². The maximum Gasteiger partial charge on any atom is 0.185 e. The molecule has 0 bridgehead atoms. The quantitative estimate of drug-likeness (QED) is 0.466. The second-order valence-corrected chi connectivity index (χ2v) is 1.88. The van der Waals surface area contributed by atoms with Crippen LogP contribution >= 0.6 is 12.2 Å². The molecule has 0 spiro atoms. The maximum absolute atomic E-state index is 10.0. The lowest BCUT2D eigenvalue weighted by molar-refractivity contribution is 0.111. The first-order valence-corrected chi connectivity index (χ1v) is 2.74. The average Bonchev–Trinajstić information content (AvgIpc) is 1.88. The maximum atomic E-state index is 10.0. The van der Waals surface area contributed by atoms with E-state index in [1.54, 1.807) is 6.07 Å². The Morgan fingerprint density at radius 3 is 3.00 bits per heavy atom. The number of rotatable bonds is 1. The number of H-pyrrole nitrogens is 1. The summed E-state index contributed by atoms with van der Waals surface area (Å²) in [5.74, 6) is 0.266. The highest BCUT2D eigenvalue weighted by Gasteiger charge is 1.84. The smallest absolute Gasteiger partial charge is 0.185 e. The summed E-state index contributed by atoms with van der Waals surface area (Å²) in [7, 11) is 0. The predicted octanol–water partition coefficient (Wildman–Crippen LogP) is 0.952. The lowest BCUT2D eigenvalue weighted by atomic mass is 10.6. The standard InChI is InChI=1S/C5H4N2OS/c8-3-4-6-2-1-5(9)7-4/h1-3H,(H,6,7,9). The van der Waals surface area contributed by atoms with Crippen molar-refractivity contribution in [3.63, 3.8) is 0 Å². The number of carbonyl (C=O) groups excluding carboxylic acids is 1. The van der Waals surface area contributed by atoms with Gasteiger partial charge in [-0.25, -0.2) is 4.98 Å². The minimum Gasteiger partial charge on any atom is -0.329 e. The number of nitrogens with one attached hydrogen (secondary N) is 1.